The summed E-state index contributed by atoms with van der Waals surface area (Å²) in [5.41, 5.74) is 1.58. The Bertz CT molecular complexity index is 382. The Kier molecular flexibility index (Phi) is 2.15. The van der Waals surface area contributed by atoms with Crippen LogP contribution < -0.4 is 9.47 Å². The average molecular weight is 192 g/mol. The number of ether oxygens (including phenoxy) is 2. The molecule has 3 heteroatoms. The van der Waals surface area contributed by atoms with Gasteiger partial charge >= 0.3 is 0 Å². The minimum Gasteiger partial charge on any atom is -0.496 e. The van der Waals surface area contributed by atoms with Crippen molar-refractivity contribution in [1.29, 1.82) is 0 Å². The number of carbonyl (C=O) groups is 1. The maximum atomic E-state index is 11.7. The Morgan fingerprint density at radius 1 is 1.43 bits per heavy atom. The highest BCUT2D eigenvalue weighted by Crippen LogP contribution is 2.35. The van der Waals surface area contributed by atoms with Gasteiger partial charge in [0.1, 0.15) is 17.1 Å². The molecule has 0 saturated carbocycles. The molecule has 0 bridgehead atoms. The standard InChI is InChI=1S/C11H12O3/c1-7-3-4-9(13-2)10-8(12)5-6-14-11(7)10/h3-4H,5-6H2,1-2H3. The van der Waals surface area contributed by atoms with Gasteiger partial charge in [0, 0.05) is 6.42 Å². The fourth-order valence-corrected chi connectivity index (χ4v) is 1.66. The third-order valence-corrected chi connectivity index (χ3v) is 2.39. The summed E-state index contributed by atoms with van der Waals surface area (Å²) in [5, 5.41) is 0. The Hall–Kier alpha value is -1.51. The van der Waals surface area contributed by atoms with Gasteiger partial charge in [-0.2, -0.15) is 0 Å². The van der Waals surface area contributed by atoms with Crippen molar-refractivity contribution < 1.29 is 14.3 Å². The molecular formula is C11H12O3. The lowest BCUT2D eigenvalue weighted by molar-refractivity contribution is 0.0928. The van der Waals surface area contributed by atoms with E-state index in [9.17, 15) is 4.79 Å². The van der Waals surface area contributed by atoms with Crippen LogP contribution in [0.15, 0.2) is 12.1 Å². The first-order valence-electron chi connectivity index (χ1n) is 4.57. The highest BCUT2D eigenvalue weighted by atomic mass is 16.5. The van der Waals surface area contributed by atoms with Crippen LogP contribution in [-0.4, -0.2) is 19.5 Å². The number of fused-ring (bicyclic) bond motifs is 1. The molecular weight excluding hydrogens is 180 g/mol. The first-order chi connectivity index (χ1) is 6.74. The third kappa shape index (κ3) is 1.25. The van der Waals surface area contributed by atoms with E-state index in [0.717, 1.165) is 5.56 Å². The van der Waals surface area contributed by atoms with Crippen LogP contribution in [0.5, 0.6) is 11.5 Å². The summed E-state index contributed by atoms with van der Waals surface area (Å²) in [4.78, 5) is 11.7. The van der Waals surface area contributed by atoms with Crippen LogP contribution in [-0.2, 0) is 0 Å². The lowest BCUT2D eigenvalue weighted by Crippen LogP contribution is -2.17. The van der Waals surface area contributed by atoms with Crippen molar-refractivity contribution in [3.8, 4) is 11.5 Å². The highest BCUT2D eigenvalue weighted by molar-refractivity contribution is 6.02. The third-order valence-electron chi connectivity index (χ3n) is 2.39. The van der Waals surface area contributed by atoms with E-state index in [1.54, 1.807) is 13.2 Å². The van der Waals surface area contributed by atoms with E-state index < -0.39 is 0 Å². The molecule has 1 aromatic rings. The predicted octanol–water partition coefficient (Wildman–Crippen LogP) is 1.97. The Labute approximate surface area is 82.6 Å². The molecule has 3 nitrogen and oxygen atoms in total. The SMILES string of the molecule is COc1ccc(C)c2c1C(=O)CCO2. The molecule has 1 aromatic carbocycles. The Morgan fingerprint density at radius 3 is 2.93 bits per heavy atom. The van der Waals surface area contributed by atoms with Crippen LogP contribution in [0.4, 0.5) is 0 Å². The van der Waals surface area contributed by atoms with E-state index in [1.165, 1.54) is 0 Å². The molecule has 0 aromatic heterocycles. The van der Waals surface area contributed by atoms with Crippen molar-refractivity contribution in [2.75, 3.05) is 13.7 Å². The van der Waals surface area contributed by atoms with Crippen molar-refractivity contribution in [1.82, 2.24) is 0 Å². The second-order valence-corrected chi connectivity index (χ2v) is 3.31. The monoisotopic (exact) mass is 192 g/mol. The minimum atomic E-state index is 0.104. The molecule has 0 radical (unpaired) electrons. The summed E-state index contributed by atoms with van der Waals surface area (Å²) >= 11 is 0. The van der Waals surface area contributed by atoms with E-state index in [0.29, 0.717) is 30.1 Å². The van der Waals surface area contributed by atoms with Gasteiger partial charge in [0.25, 0.3) is 0 Å². The number of methoxy groups -OCH3 is 1. The van der Waals surface area contributed by atoms with E-state index in [1.807, 2.05) is 13.0 Å². The van der Waals surface area contributed by atoms with Gasteiger partial charge in [0.05, 0.1) is 13.7 Å². The smallest absolute Gasteiger partial charge is 0.173 e. The molecule has 1 aliphatic heterocycles. The fourth-order valence-electron chi connectivity index (χ4n) is 1.66. The molecule has 0 N–H and O–H groups in total. The molecule has 0 unspecified atom stereocenters. The summed E-state index contributed by atoms with van der Waals surface area (Å²) in [7, 11) is 1.56. The van der Waals surface area contributed by atoms with Gasteiger partial charge in [-0.3, -0.25) is 4.79 Å². The zero-order chi connectivity index (χ0) is 10.1. The van der Waals surface area contributed by atoms with E-state index in [-0.39, 0.29) is 5.78 Å². The maximum Gasteiger partial charge on any atom is 0.173 e. The van der Waals surface area contributed by atoms with Crippen LogP contribution in [0.1, 0.15) is 22.3 Å². The lowest BCUT2D eigenvalue weighted by atomic mass is 10.0. The molecule has 1 aliphatic rings. The minimum absolute atomic E-state index is 0.104. The van der Waals surface area contributed by atoms with Gasteiger partial charge < -0.3 is 9.47 Å². The molecule has 0 atom stereocenters. The van der Waals surface area contributed by atoms with E-state index >= 15 is 0 Å². The van der Waals surface area contributed by atoms with E-state index in [2.05, 4.69) is 0 Å². The van der Waals surface area contributed by atoms with Crippen molar-refractivity contribution in [3.63, 3.8) is 0 Å². The normalized spacial score (nSPS) is 14.6. The van der Waals surface area contributed by atoms with Crippen LogP contribution in [0.2, 0.25) is 0 Å². The molecule has 0 fully saturated rings. The molecule has 0 spiro atoms. The first-order valence-corrected chi connectivity index (χ1v) is 4.57. The van der Waals surface area contributed by atoms with Crippen LogP contribution in [0.3, 0.4) is 0 Å². The van der Waals surface area contributed by atoms with Gasteiger partial charge in [-0.15, -0.1) is 0 Å². The Morgan fingerprint density at radius 2 is 2.21 bits per heavy atom. The Balaban J connectivity index is 2.64. The summed E-state index contributed by atoms with van der Waals surface area (Å²) in [6.07, 6.45) is 0.437. The zero-order valence-corrected chi connectivity index (χ0v) is 8.29. The second kappa shape index (κ2) is 3.33. The van der Waals surface area contributed by atoms with Gasteiger partial charge in [0.15, 0.2) is 5.78 Å². The topological polar surface area (TPSA) is 35.5 Å². The number of hydrogen-bond acceptors (Lipinski definition) is 3. The number of Topliss-reactive ketones (excluding diaryl/α,β-unsaturated/α-hetero) is 1. The number of ketones is 1. The van der Waals surface area contributed by atoms with Crippen molar-refractivity contribution in [3.05, 3.63) is 23.3 Å². The molecule has 0 aliphatic carbocycles. The summed E-state index contributed by atoms with van der Waals surface area (Å²) < 4.78 is 10.6. The van der Waals surface area contributed by atoms with Gasteiger partial charge in [-0.25, -0.2) is 0 Å². The lowest BCUT2D eigenvalue weighted by Gasteiger charge is -2.20. The van der Waals surface area contributed by atoms with Crippen molar-refractivity contribution in [2.24, 2.45) is 0 Å². The van der Waals surface area contributed by atoms with Gasteiger partial charge in [-0.05, 0) is 18.6 Å². The molecule has 0 amide bonds. The second-order valence-electron chi connectivity index (χ2n) is 3.31. The van der Waals surface area contributed by atoms with Crippen LogP contribution in [0.25, 0.3) is 0 Å². The van der Waals surface area contributed by atoms with Crippen LogP contribution >= 0.6 is 0 Å². The quantitative estimate of drug-likeness (QED) is 0.682. The van der Waals surface area contributed by atoms with Crippen molar-refractivity contribution in [2.45, 2.75) is 13.3 Å². The van der Waals surface area contributed by atoms with Gasteiger partial charge in [-0.1, -0.05) is 6.07 Å². The number of rotatable bonds is 1. The molecule has 74 valence electrons. The summed E-state index contributed by atoms with van der Waals surface area (Å²) in [6, 6.07) is 3.71. The van der Waals surface area contributed by atoms with E-state index in [4.69, 9.17) is 9.47 Å². The fraction of sp³-hybridized carbons (Fsp3) is 0.364. The molecule has 14 heavy (non-hydrogen) atoms. The predicted molar refractivity (Wildman–Crippen MR) is 52.2 cm³/mol. The summed E-state index contributed by atoms with van der Waals surface area (Å²) in [5.74, 6) is 1.39. The van der Waals surface area contributed by atoms with Crippen LogP contribution in [0, 0.1) is 6.92 Å². The number of carbonyl (C=O) groups excluding carboxylic acids is 1. The maximum absolute atomic E-state index is 11.7. The molecule has 0 saturated heterocycles. The number of benzene rings is 1. The zero-order valence-electron chi connectivity index (χ0n) is 8.29. The molecule has 1 heterocycles. The first kappa shape index (κ1) is 9.06. The summed E-state index contributed by atoms with van der Waals surface area (Å²) in [6.45, 7) is 2.40. The number of hydrogen-bond donors (Lipinski definition) is 0. The highest BCUT2D eigenvalue weighted by Gasteiger charge is 2.24. The molecule has 2 rings (SSSR count). The van der Waals surface area contributed by atoms with Gasteiger partial charge in [0.2, 0.25) is 0 Å². The average Bonchev–Trinajstić information content (AvgIpc) is 2.20. The van der Waals surface area contributed by atoms with Crippen molar-refractivity contribution >= 4 is 5.78 Å². The number of aryl methyl sites for hydroxylation is 1. The largest absolute Gasteiger partial charge is 0.496 e.